The number of aromatic nitrogens is 2. The van der Waals surface area contributed by atoms with Crippen LogP contribution in [0.15, 0.2) is 36.9 Å². The maximum absolute atomic E-state index is 5.26. The van der Waals surface area contributed by atoms with E-state index in [1.165, 1.54) is 18.4 Å². The minimum absolute atomic E-state index is 0.366. The maximum Gasteiger partial charge on any atom is 0.231 e. The van der Waals surface area contributed by atoms with Crippen molar-refractivity contribution in [3.05, 3.63) is 42.5 Å². The first-order chi connectivity index (χ1) is 9.83. The lowest BCUT2D eigenvalue weighted by Gasteiger charge is -1.99. The second-order valence-electron chi connectivity index (χ2n) is 4.74. The zero-order valence-electron chi connectivity index (χ0n) is 12.2. The molecule has 20 heavy (non-hydrogen) atoms. The Kier molecular flexibility index (Phi) is 5.47. The Bertz CT molecular complexity index is 509. The van der Waals surface area contributed by atoms with Gasteiger partial charge in [0.15, 0.2) is 11.5 Å². The second-order valence-corrected chi connectivity index (χ2v) is 4.74. The number of imidazole rings is 1. The van der Waals surface area contributed by atoms with Crippen LogP contribution in [0.5, 0.6) is 11.5 Å². The summed E-state index contributed by atoms with van der Waals surface area (Å²) in [7, 11) is 0. The highest BCUT2D eigenvalue weighted by Crippen LogP contribution is 2.32. The Morgan fingerprint density at radius 2 is 2.00 bits per heavy atom. The van der Waals surface area contributed by atoms with Crippen LogP contribution >= 0.6 is 0 Å². The molecule has 0 aliphatic carbocycles. The summed E-state index contributed by atoms with van der Waals surface area (Å²) in [6.45, 7) is 5.77. The highest BCUT2D eigenvalue weighted by atomic mass is 16.7. The molecule has 0 bridgehead atoms. The molecule has 0 radical (unpaired) electrons. The molecule has 3 rings (SSSR count). The third-order valence-corrected chi connectivity index (χ3v) is 3.02. The number of ether oxygens (including phenoxy) is 2. The van der Waals surface area contributed by atoms with E-state index < -0.39 is 0 Å². The Hall–Kier alpha value is -1.97. The molecule has 1 aliphatic heterocycles. The molecule has 0 atom stereocenters. The summed E-state index contributed by atoms with van der Waals surface area (Å²) in [5.74, 6) is 1.76. The molecule has 4 heteroatoms. The first kappa shape index (κ1) is 14.4. The van der Waals surface area contributed by atoms with Gasteiger partial charge in [0.25, 0.3) is 0 Å². The fourth-order valence-electron chi connectivity index (χ4n) is 2.06. The third kappa shape index (κ3) is 4.02. The van der Waals surface area contributed by atoms with Crippen LogP contribution in [-0.2, 0) is 13.0 Å². The van der Waals surface area contributed by atoms with Gasteiger partial charge in [-0.25, -0.2) is 4.98 Å². The number of nitrogens with zero attached hydrogens (tertiary/aromatic N) is 2. The fourth-order valence-corrected chi connectivity index (χ4v) is 2.06. The summed E-state index contributed by atoms with van der Waals surface area (Å²) in [5, 5.41) is 0. The summed E-state index contributed by atoms with van der Waals surface area (Å²) in [6.07, 6.45) is 9.06. The van der Waals surface area contributed by atoms with Gasteiger partial charge in [0.05, 0.1) is 6.33 Å². The third-order valence-electron chi connectivity index (χ3n) is 3.02. The van der Waals surface area contributed by atoms with Gasteiger partial charge < -0.3 is 14.0 Å². The molecule has 0 spiro atoms. The molecule has 108 valence electrons. The first-order valence-corrected chi connectivity index (χ1v) is 7.17. The lowest BCUT2D eigenvalue weighted by molar-refractivity contribution is 0.174. The van der Waals surface area contributed by atoms with Crippen LogP contribution in [0.4, 0.5) is 0 Å². The zero-order chi connectivity index (χ0) is 14.2. The Balaban J connectivity index is 0.000000160. The molecular formula is C16H22N2O2. The Morgan fingerprint density at radius 3 is 2.70 bits per heavy atom. The summed E-state index contributed by atoms with van der Waals surface area (Å²) in [5.41, 5.74) is 1.32. The lowest BCUT2D eigenvalue weighted by atomic mass is 10.1. The van der Waals surface area contributed by atoms with Gasteiger partial charge >= 0.3 is 0 Å². The summed E-state index contributed by atoms with van der Waals surface area (Å²) in [6, 6.07) is 6.14. The van der Waals surface area contributed by atoms with Gasteiger partial charge in [-0.2, -0.15) is 0 Å². The molecule has 2 aromatic rings. The minimum Gasteiger partial charge on any atom is -0.454 e. The van der Waals surface area contributed by atoms with E-state index in [9.17, 15) is 0 Å². The quantitative estimate of drug-likeness (QED) is 0.853. The van der Waals surface area contributed by atoms with E-state index in [2.05, 4.69) is 35.5 Å². The van der Waals surface area contributed by atoms with Gasteiger partial charge in [-0.05, 0) is 30.5 Å². The molecule has 0 N–H and O–H groups in total. The normalized spacial score (nSPS) is 11.9. The van der Waals surface area contributed by atoms with E-state index in [-0.39, 0.29) is 0 Å². The monoisotopic (exact) mass is 274 g/mol. The highest BCUT2D eigenvalue weighted by Gasteiger charge is 2.12. The Morgan fingerprint density at radius 1 is 1.15 bits per heavy atom. The average molecular weight is 274 g/mol. The molecule has 1 aliphatic rings. The van der Waals surface area contributed by atoms with Crippen LogP contribution < -0.4 is 9.47 Å². The topological polar surface area (TPSA) is 36.3 Å². The molecule has 4 nitrogen and oxygen atoms in total. The number of hydrogen-bond donors (Lipinski definition) is 0. The van der Waals surface area contributed by atoms with Crippen molar-refractivity contribution in [1.82, 2.24) is 9.55 Å². The molecule has 0 amide bonds. The number of fused-ring (bicyclic) bond motifs is 1. The summed E-state index contributed by atoms with van der Waals surface area (Å²) >= 11 is 0. The number of benzene rings is 1. The van der Waals surface area contributed by atoms with Crippen LogP contribution in [0.2, 0.25) is 0 Å². The molecule has 0 saturated carbocycles. The summed E-state index contributed by atoms with van der Waals surface area (Å²) in [4.78, 5) is 3.90. The molecule has 0 unspecified atom stereocenters. The highest BCUT2D eigenvalue weighted by molar-refractivity contribution is 5.44. The van der Waals surface area contributed by atoms with Crippen LogP contribution in [-0.4, -0.2) is 16.3 Å². The molecule has 2 heterocycles. The van der Waals surface area contributed by atoms with Crippen molar-refractivity contribution in [2.75, 3.05) is 6.79 Å². The standard InChI is InChI=1S/C10H12O2.C6H10N2/c1-2-3-8-4-5-9-10(6-8)12-7-11-9;1-2-4-8-5-3-7-6-8/h4-6H,2-3,7H2,1H3;3,5-6H,2,4H2,1H3. The van der Waals surface area contributed by atoms with Gasteiger partial charge in [0, 0.05) is 18.9 Å². The second kappa shape index (κ2) is 7.58. The zero-order valence-corrected chi connectivity index (χ0v) is 12.2. The van der Waals surface area contributed by atoms with Gasteiger partial charge in [-0.1, -0.05) is 26.3 Å². The van der Waals surface area contributed by atoms with Crippen LogP contribution in [0.3, 0.4) is 0 Å². The van der Waals surface area contributed by atoms with Crippen LogP contribution in [0, 0.1) is 0 Å². The number of rotatable bonds is 4. The van der Waals surface area contributed by atoms with E-state index in [0.717, 1.165) is 24.5 Å². The molecule has 1 aromatic heterocycles. The minimum atomic E-state index is 0.366. The van der Waals surface area contributed by atoms with Crippen molar-refractivity contribution in [1.29, 1.82) is 0 Å². The first-order valence-electron chi connectivity index (χ1n) is 7.17. The van der Waals surface area contributed by atoms with Crippen molar-refractivity contribution >= 4 is 0 Å². The lowest BCUT2D eigenvalue weighted by Crippen LogP contribution is -1.92. The molecule has 1 aromatic carbocycles. The number of hydrogen-bond acceptors (Lipinski definition) is 3. The summed E-state index contributed by atoms with van der Waals surface area (Å²) < 4.78 is 12.5. The van der Waals surface area contributed by atoms with Gasteiger partial charge in [0.1, 0.15) is 0 Å². The SMILES string of the molecule is CCCc1ccc2c(c1)OCO2.CCCn1ccnc1. The van der Waals surface area contributed by atoms with Gasteiger partial charge in [-0.15, -0.1) is 0 Å². The van der Waals surface area contributed by atoms with Gasteiger partial charge in [-0.3, -0.25) is 0 Å². The number of aryl methyl sites for hydroxylation is 2. The Labute approximate surface area is 120 Å². The van der Waals surface area contributed by atoms with E-state index in [1.807, 2.05) is 18.6 Å². The van der Waals surface area contributed by atoms with Crippen molar-refractivity contribution in [2.45, 2.75) is 39.7 Å². The fraction of sp³-hybridized carbons (Fsp3) is 0.438. The molecular weight excluding hydrogens is 252 g/mol. The van der Waals surface area contributed by atoms with Crippen molar-refractivity contribution in [3.8, 4) is 11.5 Å². The molecule has 0 saturated heterocycles. The predicted molar refractivity (Wildman–Crippen MR) is 79.1 cm³/mol. The largest absolute Gasteiger partial charge is 0.454 e. The van der Waals surface area contributed by atoms with Crippen molar-refractivity contribution in [2.24, 2.45) is 0 Å². The van der Waals surface area contributed by atoms with E-state index >= 15 is 0 Å². The van der Waals surface area contributed by atoms with Crippen LogP contribution in [0.1, 0.15) is 32.3 Å². The van der Waals surface area contributed by atoms with E-state index in [0.29, 0.717) is 6.79 Å². The maximum atomic E-state index is 5.26. The predicted octanol–water partition coefficient (Wildman–Crippen LogP) is 3.66. The molecule has 0 fully saturated rings. The van der Waals surface area contributed by atoms with E-state index in [1.54, 1.807) is 6.20 Å². The average Bonchev–Trinajstić information content (AvgIpc) is 3.10. The smallest absolute Gasteiger partial charge is 0.231 e. The van der Waals surface area contributed by atoms with E-state index in [4.69, 9.17) is 9.47 Å². The van der Waals surface area contributed by atoms with Crippen molar-refractivity contribution in [3.63, 3.8) is 0 Å². The van der Waals surface area contributed by atoms with Gasteiger partial charge in [0.2, 0.25) is 6.79 Å². The van der Waals surface area contributed by atoms with Crippen molar-refractivity contribution < 1.29 is 9.47 Å². The van der Waals surface area contributed by atoms with Crippen LogP contribution in [0.25, 0.3) is 0 Å².